The molecule has 0 aliphatic heterocycles. The normalized spacial score (nSPS) is 14.1. The number of amides is 1. The van der Waals surface area contributed by atoms with Crippen LogP contribution in [0.1, 0.15) is 162 Å². The van der Waals surface area contributed by atoms with E-state index in [1.165, 1.54) is 62.8 Å². The van der Waals surface area contributed by atoms with Gasteiger partial charge in [-0.2, -0.15) is 10.2 Å². The second kappa shape index (κ2) is 47.7. The van der Waals surface area contributed by atoms with Crippen LogP contribution in [0, 0.1) is 75.6 Å². The monoisotopic (exact) mass is 1730 g/mol. The zero-order valence-corrected chi connectivity index (χ0v) is 76.3. The minimum Gasteiger partial charge on any atom is -0.469 e. The van der Waals surface area contributed by atoms with Crippen molar-refractivity contribution >= 4 is 121 Å². The fourth-order valence-electron chi connectivity index (χ4n) is 13.4. The molecule has 0 aliphatic carbocycles. The minimum atomic E-state index is -1.65. The van der Waals surface area contributed by atoms with E-state index in [9.17, 15) is 58.6 Å². The van der Waals surface area contributed by atoms with E-state index in [1.54, 1.807) is 90.1 Å². The third-order valence-corrected chi connectivity index (χ3v) is 22.7. The second-order valence-electron chi connectivity index (χ2n) is 33.1. The van der Waals surface area contributed by atoms with Gasteiger partial charge < -0.3 is 48.3 Å². The summed E-state index contributed by atoms with van der Waals surface area (Å²) in [5.41, 5.74) is 18.9. The number of esters is 7. The number of ether oxygens (including phenoxy) is 7. The molecule has 1 amide bonds. The molecule has 0 spiro atoms. The van der Waals surface area contributed by atoms with Crippen molar-refractivity contribution in [2.24, 2.45) is 63.2 Å². The van der Waals surface area contributed by atoms with Gasteiger partial charge in [0, 0.05) is 69.9 Å². The summed E-state index contributed by atoms with van der Waals surface area (Å²) in [4.78, 5) is 138. The average Bonchev–Trinajstić information content (AvgIpc) is 0.782. The Morgan fingerprint density at radius 2 is 0.829 bits per heavy atom. The Balaban J connectivity index is 0.000000517. The van der Waals surface area contributed by atoms with Gasteiger partial charge in [-0.1, -0.05) is 101 Å². The summed E-state index contributed by atoms with van der Waals surface area (Å²) in [5, 5.41) is 49.8. The first-order valence-corrected chi connectivity index (χ1v) is 47.5. The van der Waals surface area contributed by atoms with Crippen LogP contribution >= 0.6 is 0 Å². The number of rotatable bonds is 44. The average molecular weight is 1730 g/mol. The summed E-state index contributed by atoms with van der Waals surface area (Å²) in [6, 6.07) is 27.7. The molecular formula is C87H117N15O19Si2. The van der Waals surface area contributed by atoms with E-state index in [1.807, 2.05) is 51.3 Å². The first kappa shape index (κ1) is 103. The molecule has 662 valence electrons. The molecule has 0 saturated heterocycles. The van der Waals surface area contributed by atoms with Gasteiger partial charge in [0.2, 0.25) is 0 Å². The molecule has 6 atom stereocenters. The number of carbonyl (C=O) groups is 8. The molecule has 5 rings (SSSR count). The highest BCUT2D eigenvalue weighted by Crippen LogP contribution is 2.49. The van der Waals surface area contributed by atoms with Crippen molar-refractivity contribution < 1.29 is 81.4 Å². The van der Waals surface area contributed by atoms with Gasteiger partial charge in [0.05, 0.1) is 93.2 Å². The van der Waals surface area contributed by atoms with Gasteiger partial charge in [0.15, 0.2) is 24.6 Å². The Bertz CT molecular complexity index is 4830. The highest BCUT2D eigenvalue weighted by molar-refractivity contribution is 6.84. The number of nitro benzene ring substituents is 2. The van der Waals surface area contributed by atoms with E-state index in [0.717, 1.165) is 23.5 Å². The summed E-state index contributed by atoms with van der Waals surface area (Å²) >= 11 is 0. The summed E-state index contributed by atoms with van der Waals surface area (Å²) in [5.74, 6) is 1.44. The van der Waals surface area contributed by atoms with Crippen LogP contribution in [-0.2, 0) is 61.9 Å². The van der Waals surface area contributed by atoms with Crippen LogP contribution in [0.2, 0.25) is 39.3 Å². The van der Waals surface area contributed by atoms with E-state index in [4.69, 9.17) is 44.2 Å². The van der Waals surface area contributed by atoms with Gasteiger partial charge >= 0.3 is 41.8 Å². The van der Waals surface area contributed by atoms with Crippen molar-refractivity contribution in [3.8, 4) is 22.9 Å². The highest BCUT2D eigenvalue weighted by atomic mass is 28.3. The van der Waals surface area contributed by atoms with Crippen molar-refractivity contribution in [2.75, 3.05) is 95.1 Å². The van der Waals surface area contributed by atoms with Crippen LogP contribution in [0.15, 0.2) is 140 Å². The SMILES string of the molecule is CCN(CCOC(=O)C(C)(CC)CC(C)(CC(C)(CC)C(=O)OCC#C[Si](C)(C)C)C(=O)OC)c1ccc(N=Nc2ccc(C(=O)Nc3ccc(N=[N+]=[N-])cc3)cc2[N+](=O)[O-])cc1.CCN(CCOC(=O)C(C)(CC)CC(C)(CC(C)(CC)C(=O)OCCCN=[N+]=[N-])C(=O)OC)c1ccc(N=Nc2ccc(C(=O)OCC#C[Si](C)(C)C)cc2[N+](=O)[O-])cc1. The van der Waals surface area contributed by atoms with E-state index >= 15 is 0 Å². The predicted molar refractivity (Wildman–Crippen MR) is 474 cm³/mol. The fourth-order valence-corrected chi connectivity index (χ4v) is 14.6. The number of hydrogen-bond donors (Lipinski definition) is 1. The summed E-state index contributed by atoms with van der Waals surface area (Å²) in [7, 11) is -0.724. The molecule has 0 aliphatic rings. The molecule has 36 heteroatoms. The maximum atomic E-state index is 13.8. The zero-order chi connectivity index (χ0) is 92.2. The molecule has 5 aromatic rings. The molecule has 0 heterocycles. The fraction of sp³-hybridized carbons (Fsp3) is 0.517. The second-order valence-corrected chi connectivity index (χ2v) is 42.6. The number of benzene rings is 5. The van der Waals surface area contributed by atoms with Crippen LogP contribution in [0.5, 0.6) is 0 Å². The van der Waals surface area contributed by atoms with Crippen molar-refractivity contribution in [3.05, 3.63) is 161 Å². The van der Waals surface area contributed by atoms with Gasteiger partial charge in [0.25, 0.3) is 17.3 Å². The predicted octanol–water partition coefficient (Wildman–Crippen LogP) is 20.2. The Morgan fingerprint density at radius 1 is 0.463 bits per heavy atom. The molecule has 1 N–H and O–H groups in total. The topological polar surface area (TPSA) is 453 Å². The third kappa shape index (κ3) is 31.9. The Labute approximate surface area is 721 Å². The molecule has 123 heavy (non-hydrogen) atoms. The number of methoxy groups -OCH3 is 2. The van der Waals surface area contributed by atoms with Crippen LogP contribution in [-0.4, -0.2) is 154 Å². The first-order valence-electron chi connectivity index (χ1n) is 40.5. The standard InChI is InChI=1S/C45H58N8O9Si.C42H59N7O10Si/c1-11-43(4,41(56)61-26-14-28-63(8,9)10)30-45(6,40(55)60-7)31-44(5,12-2)42(57)62-27-25-52(13-3)36-22-20-34(21-23-36)48-50-37-24-15-32(29-38(37)53(58)59)39(54)47-33-16-18-35(19-17-33)49-51-46;1-11-40(4,38(52)58-24-14-22-44-47-43)29-42(6,37(51)56-7)30-41(5,12-2)39(53)59-26-23-48(13-3)33-19-17-32(18-20-33)45-46-34-21-16-31(28-35(34)49(54)55)36(50)57-25-15-27-60(8,9)10/h15-24,29H,11-13,25-27,30-31H2,1-10H3,(H,47,54);16-21,28H,11-14,22-26,29-30H2,1-10H3. The number of carbonyl (C=O) groups excluding carboxylic acids is 8. The largest absolute Gasteiger partial charge is 0.469 e. The molecular weight excluding hydrogens is 1620 g/mol. The molecule has 5 aromatic carbocycles. The number of azide groups is 2. The lowest BCUT2D eigenvalue weighted by Crippen LogP contribution is -2.45. The van der Waals surface area contributed by atoms with Gasteiger partial charge in [-0.05, 0) is 209 Å². The number of anilines is 3. The lowest BCUT2D eigenvalue weighted by Gasteiger charge is -2.40. The van der Waals surface area contributed by atoms with Crippen LogP contribution < -0.4 is 15.1 Å². The molecule has 0 saturated carbocycles. The summed E-state index contributed by atoms with van der Waals surface area (Å²) in [6.45, 7) is 36.2. The van der Waals surface area contributed by atoms with Gasteiger partial charge in [-0.25, -0.2) is 4.79 Å². The molecule has 0 radical (unpaired) electrons. The molecule has 34 nitrogen and oxygen atoms in total. The Morgan fingerprint density at radius 3 is 1.19 bits per heavy atom. The van der Waals surface area contributed by atoms with Crippen molar-refractivity contribution in [2.45, 2.75) is 180 Å². The van der Waals surface area contributed by atoms with E-state index < -0.39 is 118 Å². The molecule has 0 aromatic heterocycles. The van der Waals surface area contributed by atoms with Gasteiger partial charge in [0.1, 0.15) is 29.4 Å². The lowest BCUT2D eigenvalue weighted by atomic mass is 9.64. The third-order valence-electron chi connectivity index (χ3n) is 20.8. The maximum absolute atomic E-state index is 13.8. The summed E-state index contributed by atoms with van der Waals surface area (Å²) < 4.78 is 38.3. The van der Waals surface area contributed by atoms with Crippen LogP contribution in [0.4, 0.5) is 56.9 Å². The minimum absolute atomic E-state index is 0.00385. The number of nitrogens with one attached hydrogen (secondary N) is 1. The van der Waals surface area contributed by atoms with Crippen LogP contribution in [0.3, 0.4) is 0 Å². The smallest absolute Gasteiger partial charge is 0.339 e. The number of likely N-dealkylation sites (N-methyl/N-ethyl adjacent to an activating group) is 2. The van der Waals surface area contributed by atoms with E-state index in [2.05, 4.69) is 108 Å². The van der Waals surface area contributed by atoms with E-state index in [0.29, 0.717) is 81.0 Å². The molecule has 6 unspecified atom stereocenters. The quantitative estimate of drug-likeness (QED) is 0.00361. The van der Waals surface area contributed by atoms with Crippen molar-refractivity contribution in [1.29, 1.82) is 0 Å². The zero-order valence-electron chi connectivity index (χ0n) is 74.3. The Hall–Kier alpha value is -12.4. The number of hydrogen-bond acceptors (Lipinski definition) is 27. The van der Waals surface area contributed by atoms with Crippen molar-refractivity contribution in [1.82, 2.24) is 0 Å². The van der Waals surface area contributed by atoms with E-state index in [-0.39, 0.29) is 87.8 Å². The van der Waals surface area contributed by atoms with Gasteiger partial charge in [-0.15, -0.1) is 21.3 Å². The maximum Gasteiger partial charge on any atom is 0.339 e. The molecule has 0 bridgehead atoms. The first-order chi connectivity index (χ1) is 57.9. The highest BCUT2D eigenvalue weighted by Gasteiger charge is 2.52. The van der Waals surface area contributed by atoms with Crippen LogP contribution in [0.25, 0.3) is 20.9 Å². The Kier molecular flexibility index (Phi) is 40.0. The lowest BCUT2D eigenvalue weighted by molar-refractivity contribution is -0.384. The van der Waals surface area contributed by atoms with Crippen molar-refractivity contribution in [3.63, 3.8) is 0 Å². The number of nitro groups is 2. The summed E-state index contributed by atoms with van der Waals surface area (Å²) in [6.07, 6.45) is 2.13. The number of nitrogens with zero attached hydrogens (tertiary/aromatic N) is 14. The molecule has 0 fully saturated rings. The number of azo groups is 2. The van der Waals surface area contributed by atoms with Gasteiger partial charge in [-0.3, -0.25) is 53.8 Å².